The number of hydrogen-bond donors (Lipinski definition) is 2. The first kappa shape index (κ1) is 13.9. The molecule has 0 aliphatic rings. The predicted molar refractivity (Wildman–Crippen MR) is 62.9 cm³/mol. The second-order valence-corrected chi connectivity index (χ2v) is 3.52. The summed E-state index contributed by atoms with van der Waals surface area (Å²) in [6, 6.07) is 2.86. The first-order chi connectivity index (χ1) is 8.54. The lowest BCUT2D eigenvalue weighted by Gasteiger charge is -2.21. The third-order valence-electron chi connectivity index (χ3n) is 2.21. The van der Waals surface area contributed by atoms with Crippen molar-refractivity contribution < 1.29 is 24.5 Å². The first-order valence-corrected chi connectivity index (χ1v) is 5.19. The smallest absolute Gasteiger partial charge is 0.337 e. The van der Waals surface area contributed by atoms with Crippen LogP contribution in [0.15, 0.2) is 18.3 Å². The van der Waals surface area contributed by atoms with Gasteiger partial charge in [-0.2, -0.15) is 0 Å². The summed E-state index contributed by atoms with van der Waals surface area (Å²) in [5.41, 5.74) is 0.0563. The zero-order chi connectivity index (χ0) is 13.5. The number of carbonyl (C=O) groups is 2. The number of ether oxygens (including phenoxy) is 1. The van der Waals surface area contributed by atoms with E-state index < -0.39 is 11.9 Å². The van der Waals surface area contributed by atoms with Crippen molar-refractivity contribution in [2.75, 3.05) is 31.7 Å². The minimum Gasteiger partial charge on any atom is -0.480 e. The summed E-state index contributed by atoms with van der Waals surface area (Å²) in [6.07, 6.45) is 1.19. The number of carboxylic acid groups (broad SMARTS) is 2. The average molecular weight is 254 g/mol. The van der Waals surface area contributed by atoms with Crippen LogP contribution >= 0.6 is 0 Å². The lowest BCUT2D eigenvalue weighted by atomic mass is 10.3. The summed E-state index contributed by atoms with van der Waals surface area (Å²) in [4.78, 5) is 26.8. The van der Waals surface area contributed by atoms with Crippen LogP contribution in [-0.2, 0) is 9.53 Å². The molecular weight excluding hydrogens is 240 g/mol. The highest BCUT2D eigenvalue weighted by molar-refractivity contribution is 5.87. The van der Waals surface area contributed by atoms with Gasteiger partial charge in [0.05, 0.1) is 12.2 Å². The van der Waals surface area contributed by atoms with Crippen LogP contribution < -0.4 is 4.90 Å². The molecule has 0 bridgehead atoms. The summed E-state index contributed by atoms with van der Waals surface area (Å²) in [5.74, 6) is -1.66. The van der Waals surface area contributed by atoms with Crippen LogP contribution in [0, 0.1) is 0 Å². The van der Waals surface area contributed by atoms with Gasteiger partial charge in [-0.25, -0.2) is 9.78 Å². The highest BCUT2D eigenvalue weighted by Crippen LogP contribution is 2.11. The van der Waals surface area contributed by atoms with Gasteiger partial charge in [0, 0.05) is 19.9 Å². The highest BCUT2D eigenvalue weighted by Gasteiger charge is 2.12. The molecule has 0 amide bonds. The van der Waals surface area contributed by atoms with E-state index >= 15 is 0 Å². The molecule has 0 radical (unpaired) electrons. The summed E-state index contributed by atoms with van der Waals surface area (Å²) in [5, 5.41) is 17.5. The van der Waals surface area contributed by atoms with Crippen LogP contribution in [0.5, 0.6) is 0 Å². The van der Waals surface area contributed by atoms with Crippen molar-refractivity contribution in [1.82, 2.24) is 4.98 Å². The molecule has 98 valence electrons. The molecule has 7 heteroatoms. The van der Waals surface area contributed by atoms with E-state index in [9.17, 15) is 9.59 Å². The van der Waals surface area contributed by atoms with Crippen molar-refractivity contribution in [3.8, 4) is 0 Å². The number of methoxy groups -OCH3 is 1. The summed E-state index contributed by atoms with van der Waals surface area (Å²) < 4.78 is 4.88. The zero-order valence-corrected chi connectivity index (χ0v) is 9.87. The molecule has 0 aliphatic heterocycles. The Labute approximate surface area is 104 Å². The third-order valence-corrected chi connectivity index (χ3v) is 2.21. The normalized spacial score (nSPS) is 10.1. The molecule has 0 saturated carbocycles. The molecule has 0 spiro atoms. The average Bonchev–Trinajstić information content (AvgIpc) is 2.34. The Morgan fingerprint density at radius 3 is 2.56 bits per heavy atom. The number of aliphatic carboxylic acids is 1. The molecule has 7 nitrogen and oxygen atoms in total. The van der Waals surface area contributed by atoms with Crippen LogP contribution in [0.1, 0.15) is 10.4 Å². The standard InChI is InChI=1S/C11H14N2O5/c1-18-5-4-13(7-10(14)15)9-3-2-8(6-12-9)11(16)17/h2-3,6H,4-5,7H2,1H3,(H,14,15)(H,16,17). The minimum absolute atomic E-state index is 0.0563. The van der Waals surface area contributed by atoms with E-state index in [0.29, 0.717) is 19.0 Å². The van der Waals surface area contributed by atoms with Crippen molar-refractivity contribution in [2.24, 2.45) is 0 Å². The third kappa shape index (κ3) is 4.02. The number of aromatic nitrogens is 1. The first-order valence-electron chi connectivity index (χ1n) is 5.19. The Kier molecular flexibility index (Phi) is 5.06. The molecule has 2 N–H and O–H groups in total. The minimum atomic E-state index is -1.07. The lowest BCUT2D eigenvalue weighted by molar-refractivity contribution is -0.135. The number of anilines is 1. The molecule has 0 saturated heterocycles. The van der Waals surface area contributed by atoms with E-state index in [2.05, 4.69) is 4.98 Å². The van der Waals surface area contributed by atoms with Gasteiger partial charge in [-0.3, -0.25) is 4.79 Å². The maximum absolute atomic E-state index is 10.7. The fraction of sp³-hybridized carbons (Fsp3) is 0.364. The molecule has 0 unspecified atom stereocenters. The van der Waals surface area contributed by atoms with Crippen molar-refractivity contribution in [3.05, 3.63) is 23.9 Å². The van der Waals surface area contributed by atoms with Crippen LogP contribution in [0.25, 0.3) is 0 Å². The molecule has 1 aromatic heterocycles. The van der Waals surface area contributed by atoms with Crippen molar-refractivity contribution in [1.29, 1.82) is 0 Å². The van der Waals surface area contributed by atoms with Crippen molar-refractivity contribution >= 4 is 17.8 Å². The predicted octanol–water partition coefficient (Wildman–Crippen LogP) is 0.317. The number of carboxylic acids is 2. The van der Waals surface area contributed by atoms with Crippen molar-refractivity contribution in [3.63, 3.8) is 0 Å². The second-order valence-electron chi connectivity index (χ2n) is 3.52. The number of hydrogen-bond acceptors (Lipinski definition) is 5. The fourth-order valence-corrected chi connectivity index (χ4v) is 1.34. The number of rotatable bonds is 7. The fourth-order valence-electron chi connectivity index (χ4n) is 1.34. The molecule has 0 fully saturated rings. The van der Waals surface area contributed by atoms with E-state index in [1.165, 1.54) is 30.3 Å². The number of nitrogens with zero attached hydrogens (tertiary/aromatic N) is 2. The summed E-state index contributed by atoms with van der Waals surface area (Å²) in [6.45, 7) is 0.501. The van der Waals surface area contributed by atoms with Gasteiger partial charge in [0.25, 0.3) is 0 Å². The van der Waals surface area contributed by atoms with E-state index in [1.807, 2.05) is 0 Å². The Hall–Kier alpha value is -2.15. The maximum Gasteiger partial charge on any atom is 0.337 e. The van der Waals surface area contributed by atoms with Crippen molar-refractivity contribution in [2.45, 2.75) is 0 Å². The molecule has 18 heavy (non-hydrogen) atoms. The number of aromatic carboxylic acids is 1. The monoisotopic (exact) mass is 254 g/mol. The lowest BCUT2D eigenvalue weighted by Crippen LogP contribution is -2.33. The van der Waals surface area contributed by atoms with Gasteiger partial charge in [0.1, 0.15) is 12.4 Å². The van der Waals surface area contributed by atoms with E-state index in [0.717, 1.165) is 0 Å². The highest BCUT2D eigenvalue weighted by atomic mass is 16.5. The Bertz CT molecular complexity index is 418. The van der Waals surface area contributed by atoms with Gasteiger partial charge in [-0.1, -0.05) is 0 Å². The summed E-state index contributed by atoms with van der Waals surface area (Å²) >= 11 is 0. The molecule has 1 aromatic rings. The van der Waals surface area contributed by atoms with Gasteiger partial charge in [0.15, 0.2) is 0 Å². The maximum atomic E-state index is 10.7. The quantitative estimate of drug-likeness (QED) is 0.722. The van der Waals surface area contributed by atoms with Gasteiger partial charge >= 0.3 is 11.9 Å². The zero-order valence-electron chi connectivity index (χ0n) is 9.87. The summed E-state index contributed by atoms with van der Waals surface area (Å²) in [7, 11) is 1.51. The van der Waals surface area contributed by atoms with Gasteiger partial charge in [-0.05, 0) is 12.1 Å². The molecule has 0 aromatic carbocycles. The Balaban J connectivity index is 2.83. The van der Waals surface area contributed by atoms with Gasteiger partial charge < -0.3 is 19.8 Å². The van der Waals surface area contributed by atoms with Crippen LogP contribution in [-0.4, -0.2) is 53.9 Å². The van der Waals surface area contributed by atoms with E-state index in [4.69, 9.17) is 14.9 Å². The SMILES string of the molecule is COCCN(CC(=O)O)c1ccc(C(=O)O)cn1. The Morgan fingerprint density at radius 1 is 1.39 bits per heavy atom. The number of pyridine rings is 1. The van der Waals surface area contributed by atoms with Crippen LogP contribution in [0.2, 0.25) is 0 Å². The van der Waals surface area contributed by atoms with Gasteiger partial charge in [-0.15, -0.1) is 0 Å². The van der Waals surface area contributed by atoms with Crippen LogP contribution in [0.3, 0.4) is 0 Å². The van der Waals surface area contributed by atoms with Crippen LogP contribution in [0.4, 0.5) is 5.82 Å². The molecule has 0 aliphatic carbocycles. The molecule has 0 atom stereocenters. The largest absolute Gasteiger partial charge is 0.480 e. The van der Waals surface area contributed by atoms with Gasteiger partial charge in [0.2, 0.25) is 0 Å². The molecular formula is C11H14N2O5. The molecule has 1 heterocycles. The Morgan fingerprint density at radius 2 is 2.11 bits per heavy atom. The second kappa shape index (κ2) is 6.55. The topological polar surface area (TPSA) is 100.0 Å². The molecule has 1 rings (SSSR count). The van der Waals surface area contributed by atoms with E-state index in [-0.39, 0.29) is 12.1 Å². The van der Waals surface area contributed by atoms with E-state index in [1.54, 1.807) is 0 Å².